The minimum absolute atomic E-state index is 0.113. The number of carbonyl (C=O) groups is 1. The van der Waals surface area contributed by atoms with Crippen molar-refractivity contribution < 1.29 is 4.79 Å². The molecule has 0 aliphatic carbocycles. The maximum Gasteiger partial charge on any atom is 0.256 e. The highest BCUT2D eigenvalue weighted by Crippen LogP contribution is 2.16. The molecule has 0 saturated carbocycles. The Morgan fingerprint density at radius 2 is 1.87 bits per heavy atom. The van der Waals surface area contributed by atoms with Crippen LogP contribution in [0.15, 0.2) is 66.0 Å². The van der Waals surface area contributed by atoms with E-state index in [1.54, 1.807) is 11.3 Å². The molecule has 4 heteroatoms. The lowest BCUT2D eigenvalue weighted by molar-refractivity contribution is 0.102. The van der Waals surface area contributed by atoms with E-state index >= 15 is 0 Å². The first-order valence-electron chi connectivity index (χ1n) is 6.94. The van der Waals surface area contributed by atoms with Crippen molar-refractivity contribution in [3.63, 3.8) is 0 Å². The van der Waals surface area contributed by atoms with E-state index in [1.165, 1.54) is 0 Å². The molecular formula is C19H12INOS. The molecule has 0 unspecified atom stereocenters. The van der Waals surface area contributed by atoms with Crippen molar-refractivity contribution in [1.29, 1.82) is 0 Å². The lowest BCUT2D eigenvalue weighted by Crippen LogP contribution is -2.13. The molecule has 2 aromatic carbocycles. The number of rotatable bonds is 2. The van der Waals surface area contributed by atoms with Gasteiger partial charge in [0.25, 0.3) is 5.91 Å². The Labute approximate surface area is 152 Å². The first kappa shape index (κ1) is 15.8. The second-order valence-corrected chi connectivity index (χ2v) is 6.85. The molecule has 0 bridgehead atoms. The summed E-state index contributed by atoms with van der Waals surface area (Å²) in [6.07, 6.45) is 0. The third kappa shape index (κ3) is 4.21. The van der Waals surface area contributed by atoms with Gasteiger partial charge in [0, 0.05) is 14.8 Å². The fraction of sp³-hybridized carbons (Fsp3) is 0. The van der Waals surface area contributed by atoms with E-state index in [0.29, 0.717) is 5.56 Å². The molecule has 0 spiro atoms. The van der Waals surface area contributed by atoms with E-state index in [2.05, 4.69) is 39.7 Å². The number of halogens is 1. The summed E-state index contributed by atoms with van der Waals surface area (Å²) in [6, 6.07) is 19.0. The van der Waals surface area contributed by atoms with Gasteiger partial charge in [-0.3, -0.25) is 4.79 Å². The van der Waals surface area contributed by atoms with Gasteiger partial charge < -0.3 is 5.32 Å². The zero-order chi connectivity index (χ0) is 16.1. The zero-order valence-corrected chi connectivity index (χ0v) is 15.0. The van der Waals surface area contributed by atoms with Crippen LogP contribution in [0, 0.1) is 15.4 Å². The van der Waals surface area contributed by atoms with E-state index < -0.39 is 0 Å². The van der Waals surface area contributed by atoms with Crippen molar-refractivity contribution >= 4 is 45.5 Å². The molecule has 1 aromatic heterocycles. The van der Waals surface area contributed by atoms with Crippen LogP contribution in [-0.2, 0) is 0 Å². The van der Waals surface area contributed by atoms with Crippen molar-refractivity contribution in [3.8, 4) is 11.8 Å². The zero-order valence-electron chi connectivity index (χ0n) is 12.0. The predicted octanol–water partition coefficient (Wildman–Crippen LogP) is 5.00. The van der Waals surface area contributed by atoms with Crippen molar-refractivity contribution in [1.82, 2.24) is 0 Å². The van der Waals surface area contributed by atoms with Gasteiger partial charge in [0.15, 0.2) is 0 Å². The number of benzene rings is 2. The summed E-state index contributed by atoms with van der Waals surface area (Å²) >= 11 is 3.77. The highest BCUT2D eigenvalue weighted by Gasteiger charge is 2.09. The molecular weight excluding hydrogens is 417 g/mol. The number of nitrogens with one attached hydrogen (secondary N) is 1. The number of hydrogen-bond donors (Lipinski definition) is 1. The number of carbonyl (C=O) groups excluding carboxylic acids is 1. The molecule has 1 heterocycles. The quantitative estimate of drug-likeness (QED) is 0.451. The second-order valence-electron chi connectivity index (χ2n) is 4.74. The summed E-state index contributed by atoms with van der Waals surface area (Å²) in [4.78, 5) is 13.4. The summed E-state index contributed by atoms with van der Waals surface area (Å²) in [7, 11) is 0. The normalized spacial score (nSPS) is 9.78. The van der Waals surface area contributed by atoms with Crippen LogP contribution < -0.4 is 5.32 Å². The average Bonchev–Trinajstić information content (AvgIpc) is 3.07. The molecule has 112 valence electrons. The molecule has 2 nitrogen and oxygen atoms in total. The summed E-state index contributed by atoms with van der Waals surface area (Å²) < 4.78 is 0.927. The van der Waals surface area contributed by atoms with Crippen LogP contribution in [0.5, 0.6) is 0 Å². The van der Waals surface area contributed by atoms with Crippen LogP contribution in [0.3, 0.4) is 0 Å². The summed E-state index contributed by atoms with van der Waals surface area (Å²) in [5, 5.41) is 4.93. The van der Waals surface area contributed by atoms with Gasteiger partial charge >= 0.3 is 0 Å². The van der Waals surface area contributed by atoms with Crippen LogP contribution in [0.1, 0.15) is 20.8 Å². The Balaban J connectivity index is 1.78. The Hall–Kier alpha value is -2.10. The Morgan fingerprint density at radius 1 is 1.00 bits per heavy atom. The molecule has 23 heavy (non-hydrogen) atoms. The fourth-order valence-corrected chi connectivity index (χ4v) is 3.21. The molecule has 3 rings (SSSR count). The molecule has 0 fully saturated rings. The molecule has 0 radical (unpaired) electrons. The van der Waals surface area contributed by atoms with Crippen molar-refractivity contribution in [2.75, 3.05) is 5.32 Å². The molecule has 0 saturated heterocycles. The van der Waals surface area contributed by atoms with Gasteiger partial charge in [0.2, 0.25) is 0 Å². The molecule has 0 aliphatic heterocycles. The maximum absolute atomic E-state index is 12.3. The van der Waals surface area contributed by atoms with Crippen LogP contribution in [0.4, 0.5) is 5.69 Å². The molecule has 0 aliphatic rings. The first-order valence-corrected chi connectivity index (χ1v) is 8.90. The number of anilines is 1. The Bertz CT molecular complexity index is 891. The fourth-order valence-electron chi connectivity index (χ4n) is 2.00. The monoisotopic (exact) mass is 429 g/mol. The number of amides is 1. The Morgan fingerprint density at radius 3 is 2.65 bits per heavy atom. The number of hydrogen-bond acceptors (Lipinski definition) is 2. The van der Waals surface area contributed by atoms with Crippen molar-refractivity contribution in [2.24, 2.45) is 0 Å². The van der Waals surface area contributed by atoms with Gasteiger partial charge in [-0.15, -0.1) is 11.3 Å². The second kappa shape index (κ2) is 7.44. The van der Waals surface area contributed by atoms with E-state index in [4.69, 9.17) is 0 Å². The van der Waals surface area contributed by atoms with Gasteiger partial charge in [0.05, 0.1) is 10.4 Å². The first-order chi connectivity index (χ1) is 11.2. The summed E-state index contributed by atoms with van der Waals surface area (Å²) in [6.45, 7) is 0. The standard InChI is InChI=1S/C19H12INOS/c20-18-9-2-1-8-17(18)19(22)21-15-6-3-5-14(13-15)10-11-16-7-4-12-23-16/h1-9,12-13H,(H,21,22). The highest BCUT2D eigenvalue weighted by molar-refractivity contribution is 14.1. The lowest BCUT2D eigenvalue weighted by atomic mass is 10.1. The lowest BCUT2D eigenvalue weighted by Gasteiger charge is -2.07. The van der Waals surface area contributed by atoms with Gasteiger partial charge in [-0.25, -0.2) is 0 Å². The predicted molar refractivity (Wildman–Crippen MR) is 104 cm³/mol. The molecule has 1 amide bonds. The van der Waals surface area contributed by atoms with E-state index in [-0.39, 0.29) is 5.91 Å². The van der Waals surface area contributed by atoms with Gasteiger partial charge in [0.1, 0.15) is 0 Å². The van der Waals surface area contributed by atoms with Gasteiger partial charge in [-0.05, 0) is 64.4 Å². The van der Waals surface area contributed by atoms with E-state index in [1.807, 2.05) is 66.0 Å². The SMILES string of the molecule is O=C(Nc1cccc(C#Cc2cccs2)c1)c1ccccc1I. The minimum Gasteiger partial charge on any atom is -0.322 e. The van der Waals surface area contributed by atoms with Crippen molar-refractivity contribution in [3.05, 3.63) is 85.6 Å². The Kier molecular flexibility index (Phi) is 5.11. The summed E-state index contributed by atoms with van der Waals surface area (Å²) in [5.41, 5.74) is 2.29. The maximum atomic E-state index is 12.3. The topological polar surface area (TPSA) is 29.1 Å². The van der Waals surface area contributed by atoms with Crippen LogP contribution in [-0.4, -0.2) is 5.91 Å². The summed E-state index contributed by atoms with van der Waals surface area (Å²) in [5.74, 6) is 6.12. The van der Waals surface area contributed by atoms with Crippen LogP contribution >= 0.6 is 33.9 Å². The minimum atomic E-state index is -0.113. The van der Waals surface area contributed by atoms with Gasteiger partial charge in [-0.2, -0.15) is 0 Å². The molecule has 3 aromatic rings. The largest absolute Gasteiger partial charge is 0.322 e. The highest BCUT2D eigenvalue weighted by atomic mass is 127. The smallest absolute Gasteiger partial charge is 0.256 e. The van der Waals surface area contributed by atoms with Crippen LogP contribution in [0.2, 0.25) is 0 Å². The van der Waals surface area contributed by atoms with E-state index in [0.717, 1.165) is 19.7 Å². The van der Waals surface area contributed by atoms with Crippen LogP contribution in [0.25, 0.3) is 0 Å². The molecule has 1 N–H and O–H groups in total. The third-order valence-corrected chi connectivity index (χ3v) is 4.82. The van der Waals surface area contributed by atoms with Gasteiger partial charge in [-0.1, -0.05) is 36.1 Å². The van der Waals surface area contributed by atoms with Crippen molar-refractivity contribution in [2.45, 2.75) is 0 Å². The molecule has 0 atom stereocenters. The number of thiophene rings is 1. The average molecular weight is 429 g/mol. The third-order valence-electron chi connectivity index (χ3n) is 3.09. The van der Waals surface area contributed by atoms with E-state index in [9.17, 15) is 4.79 Å².